The standard InChI is InChI=1S/C17H24N2O4/c1-12-5-4-6-14(21-3)15(12)18-16(20)19-8-10-23-17(11-19)7-9-22-13(17)2/h4-6,13H,7-11H2,1-3H3,(H,18,20). The molecule has 1 spiro atoms. The average Bonchev–Trinajstić information content (AvgIpc) is 2.89. The third-order valence-electron chi connectivity index (χ3n) is 4.82. The molecule has 1 aromatic carbocycles. The summed E-state index contributed by atoms with van der Waals surface area (Å²) in [4.78, 5) is 14.5. The van der Waals surface area contributed by atoms with Gasteiger partial charge in [-0.3, -0.25) is 0 Å². The van der Waals surface area contributed by atoms with Crippen molar-refractivity contribution in [3.05, 3.63) is 23.8 Å². The van der Waals surface area contributed by atoms with Crippen molar-refractivity contribution in [3.63, 3.8) is 0 Å². The fourth-order valence-electron chi connectivity index (χ4n) is 3.30. The van der Waals surface area contributed by atoms with Crippen molar-refractivity contribution in [1.82, 2.24) is 4.90 Å². The molecule has 2 fully saturated rings. The Hall–Kier alpha value is -1.79. The molecule has 0 radical (unpaired) electrons. The van der Waals surface area contributed by atoms with E-state index in [4.69, 9.17) is 14.2 Å². The van der Waals surface area contributed by atoms with Gasteiger partial charge in [0.25, 0.3) is 0 Å². The molecule has 0 aromatic heterocycles. The van der Waals surface area contributed by atoms with E-state index >= 15 is 0 Å². The molecule has 0 saturated carbocycles. The van der Waals surface area contributed by atoms with Crippen LogP contribution in [-0.2, 0) is 9.47 Å². The quantitative estimate of drug-likeness (QED) is 0.909. The van der Waals surface area contributed by atoms with Crippen LogP contribution in [0.3, 0.4) is 0 Å². The van der Waals surface area contributed by atoms with Crippen LogP contribution in [0.1, 0.15) is 18.9 Å². The molecular formula is C17H24N2O4. The highest BCUT2D eigenvalue weighted by Crippen LogP contribution is 2.34. The summed E-state index contributed by atoms with van der Waals surface area (Å²) in [5.41, 5.74) is 1.32. The highest BCUT2D eigenvalue weighted by Gasteiger charge is 2.47. The first-order chi connectivity index (χ1) is 11.1. The summed E-state index contributed by atoms with van der Waals surface area (Å²) in [6.45, 7) is 6.31. The highest BCUT2D eigenvalue weighted by molar-refractivity contribution is 5.92. The Morgan fingerprint density at radius 2 is 2.26 bits per heavy atom. The lowest BCUT2D eigenvalue weighted by Gasteiger charge is -2.42. The van der Waals surface area contributed by atoms with Gasteiger partial charge in [-0.15, -0.1) is 0 Å². The predicted octanol–water partition coefficient (Wildman–Crippen LogP) is 2.42. The number of hydrogen-bond donors (Lipinski definition) is 1. The van der Waals surface area contributed by atoms with Crippen LogP contribution in [0.25, 0.3) is 0 Å². The molecule has 1 N–H and O–H groups in total. The molecule has 6 nitrogen and oxygen atoms in total. The van der Waals surface area contributed by atoms with Gasteiger partial charge in [-0.2, -0.15) is 0 Å². The molecule has 2 atom stereocenters. The molecule has 2 unspecified atom stereocenters. The zero-order valence-corrected chi connectivity index (χ0v) is 13.9. The Bertz CT molecular complexity index is 592. The van der Waals surface area contributed by atoms with Gasteiger partial charge in [0, 0.05) is 19.6 Å². The molecule has 2 aliphatic heterocycles. The van der Waals surface area contributed by atoms with Gasteiger partial charge >= 0.3 is 6.03 Å². The summed E-state index contributed by atoms with van der Waals surface area (Å²) in [6, 6.07) is 5.58. The maximum Gasteiger partial charge on any atom is 0.322 e. The zero-order valence-electron chi connectivity index (χ0n) is 13.9. The van der Waals surface area contributed by atoms with E-state index in [0.29, 0.717) is 32.1 Å². The van der Waals surface area contributed by atoms with Gasteiger partial charge < -0.3 is 24.4 Å². The molecular weight excluding hydrogens is 296 g/mol. The first kappa shape index (κ1) is 16.1. The van der Waals surface area contributed by atoms with E-state index in [1.807, 2.05) is 32.0 Å². The number of nitrogens with zero attached hydrogens (tertiary/aromatic N) is 1. The van der Waals surface area contributed by atoms with Crippen LogP contribution in [0.2, 0.25) is 0 Å². The Morgan fingerprint density at radius 1 is 1.43 bits per heavy atom. The molecule has 0 aliphatic carbocycles. The number of rotatable bonds is 2. The fourth-order valence-corrected chi connectivity index (χ4v) is 3.30. The number of benzene rings is 1. The number of amides is 2. The van der Waals surface area contributed by atoms with Gasteiger partial charge in [0.2, 0.25) is 0 Å². The first-order valence-corrected chi connectivity index (χ1v) is 8.01. The molecule has 2 heterocycles. The number of aryl methyl sites for hydroxylation is 1. The van der Waals surface area contributed by atoms with Crippen LogP contribution >= 0.6 is 0 Å². The van der Waals surface area contributed by atoms with Crippen molar-refractivity contribution < 1.29 is 19.0 Å². The van der Waals surface area contributed by atoms with Crippen molar-refractivity contribution in [2.24, 2.45) is 0 Å². The normalized spacial score (nSPS) is 27.3. The van der Waals surface area contributed by atoms with E-state index in [0.717, 1.165) is 17.7 Å². The second-order valence-corrected chi connectivity index (χ2v) is 6.18. The minimum atomic E-state index is -0.370. The summed E-state index contributed by atoms with van der Waals surface area (Å²) in [5.74, 6) is 0.666. The summed E-state index contributed by atoms with van der Waals surface area (Å²) in [7, 11) is 1.60. The lowest BCUT2D eigenvalue weighted by atomic mass is 9.94. The van der Waals surface area contributed by atoms with E-state index in [1.54, 1.807) is 12.0 Å². The minimum Gasteiger partial charge on any atom is -0.495 e. The molecule has 1 aromatic rings. The average molecular weight is 320 g/mol. The summed E-state index contributed by atoms with van der Waals surface area (Å²) < 4.78 is 17.0. The number of ether oxygens (including phenoxy) is 3. The summed E-state index contributed by atoms with van der Waals surface area (Å²) in [5, 5.41) is 2.99. The Balaban J connectivity index is 1.74. The second-order valence-electron chi connectivity index (χ2n) is 6.18. The molecule has 3 rings (SSSR count). The second kappa shape index (κ2) is 6.37. The minimum absolute atomic E-state index is 0.00565. The van der Waals surface area contributed by atoms with Gasteiger partial charge in [-0.1, -0.05) is 12.1 Å². The number of methoxy groups -OCH3 is 1. The van der Waals surface area contributed by atoms with Crippen molar-refractivity contribution in [3.8, 4) is 5.75 Å². The third kappa shape index (κ3) is 3.01. The molecule has 6 heteroatoms. The Kier molecular flexibility index (Phi) is 4.46. The number of urea groups is 1. The first-order valence-electron chi connectivity index (χ1n) is 8.01. The maximum absolute atomic E-state index is 12.7. The fraction of sp³-hybridized carbons (Fsp3) is 0.588. The maximum atomic E-state index is 12.7. The van der Waals surface area contributed by atoms with Gasteiger partial charge in [-0.05, 0) is 25.5 Å². The van der Waals surface area contributed by atoms with E-state index in [2.05, 4.69) is 5.32 Å². The lowest BCUT2D eigenvalue weighted by Crippen LogP contribution is -2.57. The number of hydrogen-bond acceptors (Lipinski definition) is 4. The van der Waals surface area contributed by atoms with Crippen molar-refractivity contribution in [1.29, 1.82) is 0 Å². The van der Waals surface area contributed by atoms with Crippen LogP contribution in [0.15, 0.2) is 18.2 Å². The monoisotopic (exact) mass is 320 g/mol. The number of anilines is 1. The van der Waals surface area contributed by atoms with Crippen molar-refractivity contribution in [2.75, 3.05) is 38.7 Å². The van der Waals surface area contributed by atoms with Crippen molar-refractivity contribution >= 4 is 11.7 Å². The number of carbonyl (C=O) groups excluding carboxylic acids is 1. The zero-order chi connectivity index (χ0) is 16.4. The highest BCUT2D eigenvalue weighted by atomic mass is 16.6. The van der Waals surface area contributed by atoms with E-state index in [-0.39, 0.29) is 17.7 Å². The smallest absolute Gasteiger partial charge is 0.322 e. The van der Waals surface area contributed by atoms with Crippen LogP contribution < -0.4 is 10.1 Å². The van der Waals surface area contributed by atoms with Crippen LogP contribution in [0, 0.1) is 6.92 Å². The molecule has 2 saturated heterocycles. The van der Waals surface area contributed by atoms with Gasteiger partial charge in [0.05, 0.1) is 32.1 Å². The predicted molar refractivity (Wildman–Crippen MR) is 87.0 cm³/mol. The topological polar surface area (TPSA) is 60.0 Å². The molecule has 2 amide bonds. The van der Waals surface area contributed by atoms with Crippen LogP contribution in [0.4, 0.5) is 10.5 Å². The van der Waals surface area contributed by atoms with Crippen molar-refractivity contribution in [2.45, 2.75) is 32.0 Å². The van der Waals surface area contributed by atoms with E-state index in [1.165, 1.54) is 0 Å². The number of carbonyl (C=O) groups is 1. The summed E-state index contributed by atoms with van der Waals surface area (Å²) >= 11 is 0. The van der Waals surface area contributed by atoms with Crippen LogP contribution in [0.5, 0.6) is 5.75 Å². The number of morpholine rings is 1. The molecule has 0 bridgehead atoms. The largest absolute Gasteiger partial charge is 0.495 e. The number of nitrogens with one attached hydrogen (secondary N) is 1. The molecule has 126 valence electrons. The Morgan fingerprint density at radius 3 is 2.96 bits per heavy atom. The summed E-state index contributed by atoms with van der Waals surface area (Å²) in [6.07, 6.45) is 0.831. The van der Waals surface area contributed by atoms with Gasteiger partial charge in [-0.25, -0.2) is 4.79 Å². The van der Waals surface area contributed by atoms with Crippen LogP contribution in [-0.4, -0.2) is 56.0 Å². The molecule has 23 heavy (non-hydrogen) atoms. The lowest BCUT2D eigenvalue weighted by molar-refractivity contribution is -0.124. The molecule has 2 aliphatic rings. The SMILES string of the molecule is COc1cccc(C)c1NC(=O)N1CCOC2(CCOC2C)C1. The van der Waals surface area contributed by atoms with E-state index in [9.17, 15) is 4.79 Å². The third-order valence-corrected chi connectivity index (χ3v) is 4.82. The Labute approximate surface area is 136 Å². The van der Waals surface area contributed by atoms with E-state index < -0.39 is 0 Å². The number of para-hydroxylation sites is 1. The van der Waals surface area contributed by atoms with Gasteiger partial charge in [0.15, 0.2) is 0 Å². The van der Waals surface area contributed by atoms with Gasteiger partial charge in [0.1, 0.15) is 11.4 Å².